The predicted molar refractivity (Wildman–Crippen MR) is 92.1 cm³/mol. The average Bonchev–Trinajstić information content (AvgIpc) is 2.88. The van der Waals surface area contributed by atoms with E-state index in [2.05, 4.69) is 10.6 Å². The summed E-state index contributed by atoms with van der Waals surface area (Å²) in [7, 11) is -3.07. The van der Waals surface area contributed by atoms with E-state index in [4.69, 9.17) is 4.74 Å². The lowest BCUT2D eigenvalue weighted by Crippen LogP contribution is -2.38. The molecule has 0 bridgehead atoms. The number of sulfone groups is 1. The summed E-state index contributed by atoms with van der Waals surface area (Å²) in [6.07, 6.45) is 0.400. The van der Waals surface area contributed by atoms with E-state index in [1.165, 1.54) is 18.2 Å². The lowest BCUT2D eigenvalue weighted by molar-refractivity contribution is 0.249. The second-order valence-electron chi connectivity index (χ2n) is 5.75. The second-order valence-corrected chi connectivity index (χ2v) is 7.98. The van der Waals surface area contributed by atoms with Crippen LogP contribution in [-0.4, -0.2) is 32.0 Å². The maximum absolute atomic E-state index is 13.3. The Kier molecular flexibility index (Phi) is 4.89. The topological polar surface area (TPSA) is 84.5 Å². The molecule has 2 aromatic rings. The summed E-state index contributed by atoms with van der Waals surface area (Å²) in [5.74, 6) is 0.251. The van der Waals surface area contributed by atoms with E-state index in [-0.39, 0.29) is 11.5 Å². The summed E-state index contributed by atoms with van der Waals surface area (Å²) < 4.78 is 41.8. The van der Waals surface area contributed by atoms with E-state index < -0.39 is 27.7 Å². The molecule has 0 saturated carbocycles. The maximum Gasteiger partial charge on any atom is 0.319 e. The van der Waals surface area contributed by atoms with Crippen LogP contribution in [0.15, 0.2) is 48.5 Å². The number of amides is 2. The van der Waals surface area contributed by atoms with Gasteiger partial charge < -0.3 is 15.4 Å². The third-order valence-electron chi connectivity index (χ3n) is 3.73. The van der Waals surface area contributed by atoms with Gasteiger partial charge in [-0.3, -0.25) is 0 Å². The number of hydrogen-bond donors (Lipinski definition) is 2. The van der Waals surface area contributed by atoms with Crippen LogP contribution in [-0.2, 0) is 9.84 Å². The fourth-order valence-electron chi connectivity index (χ4n) is 2.57. The van der Waals surface area contributed by atoms with Crippen LogP contribution in [0.1, 0.15) is 6.42 Å². The summed E-state index contributed by atoms with van der Waals surface area (Å²) in [4.78, 5) is 12.1. The number of carbonyl (C=O) groups excluding carboxylic acids is 1. The Bertz CT molecular complexity index is 886. The largest absolute Gasteiger partial charge is 0.455 e. The zero-order valence-corrected chi connectivity index (χ0v) is 14.1. The quantitative estimate of drug-likeness (QED) is 0.874. The van der Waals surface area contributed by atoms with Crippen LogP contribution in [0.4, 0.5) is 14.9 Å². The van der Waals surface area contributed by atoms with E-state index in [0.717, 1.165) is 0 Å². The van der Waals surface area contributed by atoms with Crippen LogP contribution in [0.25, 0.3) is 0 Å². The van der Waals surface area contributed by atoms with Crippen LogP contribution in [0.3, 0.4) is 0 Å². The van der Waals surface area contributed by atoms with Crippen molar-refractivity contribution in [3.8, 4) is 11.5 Å². The van der Waals surface area contributed by atoms with Gasteiger partial charge in [0.15, 0.2) is 15.6 Å². The number of ether oxygens (including phenoxy) is 1. The van der Waals surface area contributed by atoms with Crippen molar-refractivity contribution in [2.45, 2.75) is 12.5 Å². The first-order valence-corrected chi connectivity index (χ1v) is 9.54. The zero-order valence-electron chi connectivity index (χ0n) is 13.2. The van der Waals surface area contributed by atoms with Crippen LogP contribution in [0.5, 0.6) is 11.5 Å². The zero-order chi connectivity index (χ0) is 17.9. The predicted octanol–water partition coefficient (Wildman–Crippen LogP) is 2.93. The number of carbonyl (C=O) groups is 1. The Labute approximate surface area is 144 Å². The van der Waals surface area contributed by atoms with E-state index in [0.29, 0.717) is 23.6 Å². The van der Waals surface area contributed by atoms with Crippen molar-refractivity contribution in [3.63, 3.8) is 0 Å². The highest BCUT2D eigenvalue weighted by Gasteiger charge is 2.29. The fourth-order valence-corrected chi connectivity index (χ4v) is 4.24. The van der Waals surface area contributed by atoms with Gasteiger partial charge in [-0.1, -0.05) is 18.2 Å². The monoisotopic (exact) mass is 364 g/mol. The van der Waals surface area contributed by atoms with Crippen molar-refractivity contribution in [1.82, 2.24) is 5.32 Å². The SMILES string of the molecule is O=C(Nc1ccccc1Oc1cccc(F)c1)NC1CCS(=O)(=O)C1. The summed E-state index contributed by atoms with van der Waals surface area (Å²) in [5.41, 5.74) is 0.394. The first kappa shape index (κ1) is 17.2. The maximum atomic E-state index is 13.3. The number of benzene rings is 2. The Hall–Kier alpha value is -2.61. The Morgan fingerprint density at radius 1 is 1.16 bits per heavy atom. The van der Waals surface area contributed by atoms with E-state index in [1.807, 2.05) is 0 Å². The van der Waals surface area contributed by atoms with Gasteiger partial charge in [0.05, 0.1) is 17.2 Å². The number of urea groups is 1. The van der Waals surface area contributed by atoms with E-state index in [9.17, 15) is 17.6 Å². The minimum absolute atomic E-state index is 0.0537. The second kappa shape index (κ2) is 7.10. The van der Waals surface area contributed by atoms with E-state index in [1.54, 1.807) is 30.3 Å². The molecular formula is C17H17FN2O4S. The summed E-state index contributed by atoms with van der Waals surface area (Å²) >= 11 is 0. The van der Waals surface area contributed by atoms with Crippen molar-refractivity contribution in [1.29, 1.82) is 0 Å². The number of rotatable bonds is 4. The highest BCUT2D eigenvalue weighted by Crippen LogP contribution is 2.29. The number of para-hydroxylation sites is 2. The van der Waals surface area contributed by atoms with Crippen molar-refractivity contribution in [2.24, 2.45) is 0 Å². The third kappa shape index (κ3) is 4.69. The Morgan fingerprint density at radius 2 is 1.96 bits per heavy atom. The van der Waals surface area contributed by atoms with Crippen LogP contribution in [0, 0.1) is 5.82 Å². The molecule has 132 valence electrons. The van der Waals surface area contributed by atoms with Crippen LogP contribution in [0.2, 0.25) is 0 Å². The van der Waals surface area contributed by atoms with Gasteiger partial charge in [0.25, 0.3) is 0 Å². The standard InChI is InChI=1S/C17H17FN2O4S/c18-12-4-3-5-14(10-12)24-16-7-2-1-6-15(16)20-17(21)19-13-8-9-25(22,23)11-13/h1-7,10,13H,8-9,11H2,(H2,19,20,21). The molecule has 2 N–H and O–H groups in total. The van der Waals surface area contributed by atoms with Crippen molar-refractivity contribution in [3.05, 3.63) is 54.3 Å². The molecule has 1 atom stereocenters. The molecule has 1 unspecified atom stereocenters. The third-order valence-corrected chi connectivity index (χ3v) is 5.49. The first-order chi connectivity index (χ1) is 11.9. The normalized spacial score (nSPS) is 18.5. The molecule has 1 heterocycles. The molecule has 1 aliphatic rings. The Morgan fingerprint density at radius 3 is 2.68 bits per heavy atom. The molecule has 8 heteroatoms. The average molecular weight is 364 g/mol. The van der Waals surface area contributed by atoms with Gasteiger partial charge in [-0.15, -0.1) is 0 Å². The molecule has 1 fully saturated rings. The Balaban J connectivity index is 1.67. The molecule has 2 aromatic carbocycles. The highest BCUT2D eigenvalue weighted by atomic mass is 32.2. The summed E-state index contributed by atoms with van der Waals surface area (Å²) in [6, 6.07) is 11.5. The lowest BCUT2D eigenvalue weighted by Gasteiger charge is -2.15. The van der Waals surface area contributed by atoms with Gasteiger partial charge in [0.2, 0.25) is 0 Å². The van der Waals surface area contributed by atoms with Gasteiger partial charge in [0.1, 0.15) is 11.6 Å². The number of halogens is 1. The molecule has 1 saturated heterocycles. The molecule has 2 amide bonds. The van der Waals surface area contributed by atoms with Gasteiger partial charge in [-0.2, -0.15) is 0 Å². The number of hydrogen-bond acceptors (Lipinski definition) is 4. The van der Waals surface area contributed by atoms with Gasteiger partial charge in [-0.05, 0) is 30.7 Å². The fraction of sp³-hybridized carbons (Fsp3) is 0.235. The van der Waals surface area contributed by atoms with Crippen LogP contribution < -0.4 is 15.4 Å². The smallest absolute Gasteiger partial charge is 0.319 e. The van der Waals surface area contributed by atoms with Gasteiger partial charge in [0, 0.05) is 12.1 Å². The molecule has 3 rings (SSSR count). The molecule has 1 aliphatic heterocycles. The number of nitrogens with one attached hydrogen (secondary N) is 2. The number of anilines is 1. The summed E-state index contributed by atoms with van der Waals surface area (Å²) in [5, 5.41) is 5.27. The van der Waals surface area contributed by atoms with Gasteiger partial charge >= 0.3 is 6.03 Å². The van der Waals surface area contributed by atoms with Crippen molar-refractivity contribution in [2.75, 3.05) is 16.8 Å². The van der Waals surface area contributed by atoms with Crippen molar-refractivity contribution >= 4 is 21.6 Å². The molecule has 0 spiro atoms. The molecule has 0 radical (unpaired) electrons. The lowest BCUT2D eigenvalue weighted by atomic mass is 10.2. The van der Waals surface area contributed by atoms with Gasteiger partial charge in [-0.25, -0.2) is 17.6 Å². The summed E-state index contributed by atoms with van der Waals surface area (Å²) in [6.45, 7) is 0. The highest BCUT2D eigenvalue weighted by molar-refractivity contribution is 7.91. The molecule has 0 aliphatic carbocycles. The molecular weight excluding hydrogens is 347 g/mol. The van der Waals surface area contributed by atoms with Crippen LogP contribution >= 0.6 is 0 Å². The van der Waals surface area contributed by atoms with Crippen molar-refractivity contribution < 1.29 is 22.3 Å². The molecule has 0 aromatic heterocycles. The minimum Gasteiger partial charge on any atom is -0.455 e. The molecule has 6 nitrogen and oxygen atoms in total. The van der Waals surface area contributed by atoms with E-state index >= 15 is 0 Å². The minimum atomic E-state index is -3.07. The molecule has 25 heavy (non-hydrogen) atoms. The first-order valence-electron chi connectivity index (χ1n) is 7.72.